The molecule has 0 aliphatic carbocycles. The molecule has 18 heavy (non-hydrogen) atoms. The molecule has 102 valence electrons. The number of rotatable bonds is 1. The molecule has 0 saturated carbocycles. The molecular formula is C12H19ClN2O2S. The molecule has 0 radical (unpaired) electrons. The minimum atomic E-state index is -0.449. The summed E-state index contributed by atoms with van der Waals surface area (Å²) in [5, 5.41) is 0.939. The normalized spacial score (nSPS) is 19.1. The van der Waals surface area contributed by atoms with Crippen molar-refractivity contribution in [2.24, 2.45) is 4.99 Å². The van der Waals surface area contributed by atoms with Crippen LogP contribution in [0.1, 0.15) is 34.1 Å². The number of esters is 1. The number of amidine groups is 1. The number of hydrogen-bond donors (Lipinski definition) is 0. The van der Waals surface area contributed by atoms with Gasteiger partial charge in [-0.15, -0.1) is 12.4 Å². The second-order valence-corrected chi connectivity index (χ2v) is 6.17. The molecule has 0 bridgehead atoms. The van der Waals surface area contributed by atoms with E-state index in [-0.39, 0.29) is 18.4 Å². The Balaban J connectivity index is 0.00000162. The van der Waals surface area contributed by atoms with Crippen molar-refractivity contribution in [2.45, 2.75) is 39.7 Å². The maximum absolute atomic E-state index is 12.0. The Hall–Kier alpha value is -0.680. The Morgan fingerprint density at radius 3 is 2.67 bits per heavy atom. The number of fused-ring (bicyclic) bond motifs is 1. The van der Waals surface area contributed by atoms with Crippen molar-refractivity contribution in [3.05, 3.63) is 10.6 Å². The first kappa shape index (κ1) is 15.4. The van der Waals surface area contributed by atoms with Crippen molar-refractivity contribution in [1.82, 2.24) is 4.90 Å². The highest BCUT2D eigenvalue weighted by Gasteiger charge is 2.34. The molecule has 0 spiro atoms. The Bertz CT molecular complexity index is 413. The van der Waals surface area contributed by atoms with E-state index < -0.39 is 5.60 Å². The average Bonchev–Trinajstić information content (AvgIpc) is 2.55. The molecule has 0 fully saturated rings. The molecule has 0 atom stereocenters. The molecular weight excluding hydrogens is 272 g/mol. The van der Waals surface area contributed by atoms with Gasteiger partial charge in [-0.25, -0.2) is 4.79 Å². The highest BCUT2D eigenvalue weighted by Crippen LogP contribution is 2.37. The Morgan fingerprint density at radius 2 is 2.11 bits per heavy atom. The topological polar surface area (TPSA) is 41.9 Å². The molecule has 0 amide bonds. The number of allylic oxidation sites excluding steroid dienone is 1. The SMILES string of the molecule is CC1=C(C(=O)OC(C)(C)C)SC2=NCCCN21.Cl. The lowest BCUT2D eigenvalue weighted by atomic mass is 10.2. The maximum Gasteiger partial charge on any atom is 0.347 e. The minimum absolute atomic E-state index is 0. The van der Waals surface area contributed by atoms with Crippen LogP contribution in [0.3, 0.4) is 0 Å². The molecule has 0 saturated heterocycles. The van der Waals surface area contributed by atoms with Gasteiger partial charge in [-0.1, -0.05) is 0 Å². The summed E-state index contributed by atoms with van der Waals surface area (Å²) in [6.07, 6.45) is 1.04. The number of nitrogens with zero attached hydrogens (tertiary/aromatic N) is 2. The molecule has 6 heteroatoms. The van der Waals surface area contributed by atoms with Crippen molar-refractivity contribution in [2.75, 3.05) is 13.1 Å². The highest BCUT2D eigenvalue weighted by atomic mass is 35.5. The van der Waals surface area contributed by atoms with Crippen LogP contribution in [-0.2, 0) is 9.53 Å². The van der Waals surface area contributed by atoms with Crippen LogP contribution in [0.15, 0.2) is 15.6 Å². The van der Waals surface area contributed by atoms with E-state index in [1.807, 2.05) is 27.7 Å². The largest absolute Gasteiger partial charge is 0.456 e. The third-order valence-electron chi connectivity index (χ3n) is 2.53. The number of aliphatic imine (C=N–C) groups is 1. The molecule has 2 heterocycles. The van der Waals surface area contributed by atoms with E-state index in [2.05, 4.69) is 9.89 Å². The van der Waals surface area contributed by atoms with E-state index in [9.17, 15) is 4.79 Å². The van der Waals surface area contributed by atoms with Crippen molar-refractivity contribution in [3.63, 3.8) is 0 Å². The van der Waals surface area contributed by atoms with Gasteiger partial charge in [-0.2, -0.15) is 0 Å². The van der Waals surface area contributed by atoms with E-state index in [4.69, 9.17) is 4.74 Å². The first-order valence-corrected chi connectivity index (χ1v) is 6.64. The molecule has 2 rings (SSSR count). The fourth-order valence-corrected chi connectivity index (χ4v) is 2.84. The van der Waals surface area contributed by atoms with Gasteiger partial charge >= 0.3 is 5.97 Å². The summed E-state index contributed by atoms with van der Waals surface area (Å²) in [4.78, 5) is 19.2. The third-order valence-corrected chi connectivity index (χ3v) is 3.73. The number of hydrogen-bond acceptors (Lipinski definition) is 5. The van der Waals surface area contributed by atoms with Gasteiger partial charge in [-0.3, -0.25) is 4.99 Å². The fraction of sp³-hybridized carbons (Fsp3) is 0.667. The van der Waals surface area contributed by atoms with Gasteiger partial charge in [-0.05, 0) is 45.9 Å². The zero-order chi connectivity index (χ0) is 12.6. The summed E-state index contributed by atoms with van der Waals surface area (Å²) in [5.41, 5.74) is 0.526. The smallest absolute Gasteiger partial charge is 0.347 e. The maximum atomic E-state index is 12.0. The lowest BCUT2D eigenvalue weighted by Gasteiger charge is -2.23. The number of halogens is 1. The van der Waals surface area contributed by atoms with Gasteiger partial charge in [0.05, 0.1) is 0 Å². The number of carbonyl (C=O) groups is 1. The van der Waals surface area contributed by atoms with Crippen molar-refractivity contribution in [1.29, 1.82) is 0 Å². The van der Waals surface area contributed by atoms with Gasteiger partial charge in [0.1, 0.15) is 10.5 Å². The molecule has 0 aromatic heterocycles. The van der Waals surface area contributed by atoms with Crippen LogP contribution in [0, 0.1) is 0 Å². The van der Waals surface area contributed by atoms with Gasteiger partial charge in [0, 0.05) is 18.8 Å². The van der Waals surface area contributed by atoms with Crippen LogP contribution in [0.5, 0.6) is 0 Å². The average molecular weight is 291 g/mol. The molecule has 2 aliphatic rings. The van der Waals surface area contributed by atoms with Gasteiger partial charge in [0.2, 0.25) is 0 Å². The quantitative estimate of drug-likeness (QED) is 0.697. The van der Waals surface area contributed by atoms with Gasteiger partial charge in [0.25, 0.3) is 0 Å². The first-order valence-electron chi connectivity index (χ1n) is 5.82. The van der Waals surface area contributed by atoms with Crippen LogP contribution in [0.4, 0.5) is 0 Å². The fourth-order valence-electron chi connectivity index (χ4n) is 1.78. The van der Waals surface area contributed by atoms with Crippen LogP contribution in [-0.4, -0.2) is 34.7 Å². The van der Waals surface area contributed by atoms with Crippen LogP contribution >= 0.6 is 24.2 Å². The lowest BCUT2D eigenvalue weighted by Crippen LogP contribution is -2.28. The van der Waals surface area contributed by atoms with E-state index in [1.54, 1.807) is 0 Å². The number of carbonyl (C=O) groups excluding carboxylic acids is 1. The van der Waals surface area contributed by atoms with Crippen molar-refractivity contribution >= 4 is 35.3 Å². The Kier molecular flexibility index (Phi) is 4.72. The summed E-state index contributed by atoms with van der Waals surface area (Å²) >= 11 is 1.43. The van der Waals surface area contributed by atoms with E-state index >= 15 is 0 Å². The van der Waals surface area contributed by atoms with Crippen LogP contribution < -0.4 is 0 Å². The summed E-state index contributed by atoms with van der Waals surface area (Å²) in [7, 11) is 0. The Morgan fingerprint density at radius 1 is 1.44 bits per heavy atom. The zero-order valence-corrected chi connectivity index (χ0v) is 12.8. The monoisotopic (exact) mass is 290 g/mol. The van der Waals surface area contributed by atoms with Crippen molar-refractivity contribution in [3.8, 4) is 0 Å². The van der Waals surface area contributed by atoms with Gasteiger partial charge in [0.15, 0.2) is 5.17 Å². The zero-order valence-electron chi connectivity index (χ0n) is 11.1. The first-order chi connectivity index (χ1) is 7.88. The molecule has 2 aliphatic heterocycles. The second-order valence-electron chi connectivity index (χ2n) is 5.19. The van der Waals surface area contributed by atoms with Crippen LogP contribution in [0.2, 0.25) is 0 Å². The van der Waals surface area contributed by atoms with E-state index in [0.717, 1.165) is 30.4 Å². The number of ether oxygens (including phenoxy) is 1. The highest BCUT2D eigenvalue weighted by molar-refractivity contribution is 8.18. The molecule has 0 aromatic rings. The molecule has 4 nitrogen and oxygen atoms in total. The molecule has 0 aromatic carbocycles. The lowest BCUT2D eigenvalue weighted by molar-refractivity contribution is -0.149. The summed E-state index contributed by atoms with van der Waals surface area (Å²) < 4.78 is 5.40. The van der Waals surface area contributed by atoms with Crippen LogP contribution in [0.25, 0.3) is 0 Å². The predicted molar refractivity (Wildman–Crippen MR) is 77.0 cm³/mol. The summed E-state index contributed by atoms with van der Waals surface area (Å²) in [6, 6.07) is 0. The summed E-state index contributed by atoms with van der Waals surface area (Å²) in [5.74, 6) is -0.239. The predicted octanol–water partition coefficient (Wildman–Crippen LogP) is 2.79. The standard InChI is InChI=1S/C12H18N2O2S.ClH/c1-8-9(10(15)16-12(2,3)4)17-11-13-6-5-7-14(8)11;/h5-7H2,1-4H3;1H. The minimum Gasteiger partial charge on any atom is -0.456 e. The Labute approximate surface area is 118 Å². The number of thioether (sulfide) groups is 1. The third kappa shape index (κ3) is 3.20. The van der Waals surface area contributed by atoms with E-state index in [0.29, 0.717) is 4.91 Å². The van der Waals surface area contributed by atoms with Gasteiger partial charge < -0.3 is 9.64 Å². The second kappa shape index (κ2) is 5.53. The molecule has 0 N–H and O–H groups in total. The van der Waals surface area contributed by atoms with E-state index in [1.165, 1.54) is 11.8 Å². The van der Waals surface area contributed by atoms with Crippen molar-refractivity contribution < 1.29 is 9.53 Å². The molecule has 0 unspecified atom stereocenters. The summed E-state index contributed by atoms with van der Waals surface area (Å²) in [6.45, 7) is 9.40.